The lowest BCUT2D eigenvalue weighted by Crippen LogP contribution is -2.55. The van der Waals surface area contributed by atoms with E-state index in [-0.39, 0.29) is 11.8 Å². The van der Waals surface area contributed by atoms with Crippen molar-refractivity contribution in [1.82, 2.24) is 15.1 Å². The van der Waals surface area contributed by atoms with Gasteiger partial charge in [0.1, 0.15) is 17.5 Å². The van der Waals surface area contributed by atoms with Crippen molar-refractivity contribution in [3.8, 4) is 11.5 Å². The van der Waals surface area contributed by atoms with Gasteiger partial charge in [-0.1, -0.05) is 13.8 Å². The Bertz CT molecular complexity index is 687. The van der Waals surface area contributed by atoms with Crippen molar-refractivity contribution in [1.29, 1.82) is 0 Å². The molecule has 1 atom stereocenters. The third kappa shape index (κ3) is 6.52. The zero-order valence-corrected chi connectivity index (χ0v) is 18.1. The van der Waals surface area contributed by atoms with E-state index in [1.165, 1.54) is 7.11 Å². The van der Waals surface area contributed by atoms with Gasteiger partial charge in [-0.3, -0.25) is 9.69 Å². The summed E-state index contributed by atoms with van der Waals surface area (Å²) in [6.45, 7) is 7.50. The lowest BCUT2D eigenvalue weighted by molar-refractivity contribution is -0.135. The van der Waals surface area contributed by atoms with Crippen molar-refractivity contribution in [3.05, 3.63) is 23.8 Å². The maximum atomic E-state index is 12.9. The van der Waals surface area contributed by atoms with Crippen LogP contribution in [0.4, 0.5) is 4.79 Å². The molecule has 2 amide bonds. The first-order chi connectivity index (χ1) is 13.9. The maximum Gasteiger partial charge on any atom is 0.407 e. The van der Waals surface area contributed by atoms with Crippen LogP contribution in [0.1, 0.15) is 25.8 Å². The van der Waals surface area contributed by atoms with Gasteiger partial charge in [-0.2, -0.15) is 0 Å². The molecule has 0 aromatic heterocycles. The van der Waals surface area contributed by atoms with Gasteiger partial charge in [-0.25, -0.2) is 4.79 Å². The average molecular weight is 408 g/mol. The first-order valence-electron chi connectivity index (χ1n) is 9.94. The van der Waals surface area contributed by atoms with Gasteiger partial charge in [-0.05, 0) is 30.5 Å². The molecule has 0 spiro atoms. The minimum Gasteiger partial charge on any atom is -0.497 e. The van der Waals surface area contributed by atoms with Crippen molar-refractivity contribution >= 4 is 12.0 Å². The second-order valence-corrected chi connectivity index (χ2v) is 7.60. The fourth-order valence-corrected chi connectivity index (χ4v) is 3.49. The number of hydrogen-bond acceptors (Lipinski definition) is 6. The highest BCUT2D eigenvalue weighted by Crippen LogP contribution is 2.25. The summed E-state index contributed by atoms with van der Waals surface area (Å²) >= 11 is 0. The highest BCUT2D eigenvalue weighted by Gasteiger charge is 2.29. The Balaban J connectivity index is 1.96. The summed E-state index contributed by atoms with van der Waals surface area (Å²) in [7, 11) is 4.61. The molecule has 8 heteroatoms. The number of benzene rings is 1. The summed E-state index contributed by atoms with van der Waals surface area (Å²) in [4.78, 5) is 28.7. The first-order valence-corrected chi connectivity index (χ1v) is 9.94. The van der Waals surface area contributed by atoms with E-state index >= 15 is 0 Å². The number of carbonyl (C=O) groups excluding carboxylic acids is 2. The number of hydrogen-bond donors (Lipinski definition) is 1. The lowest BCUT2D eigenvalue weighted by atomic mass is 10.0. The van der Waals surface area contributed by atoms with E-state index in [0.717, 1.165) is 36.7 Å². The molecular weight excluding hydrogens is 374 g/mol. The molecule has 1 fully saturated rings. The molecule has 0 radical (unpaired) electrons. The van der Waals surface area contributed by atoms with Gasteiger partial charge in [0, 0.05) is 38.3 Å². The van der Waals surface area contributed by atoms with Gasteiger partial charge in [0.15, 0.2) is 0 Å². The Labute approximate surface area is 173 Å². The van der Waals surface area contributed by atoms with Gasteiger partial charge in [0.25, 0.3) is 0 Å². The Morgan fingerprint density at radius 2 is 1.76 bits per heavy atom. The molecule has 0 aliphatic carbocycles. The number of alkyl carbamates (subject to hydrolysis) is 1. The predicted molar refractivity (Wildman–Crippen MR) is 110 cm³/mol. The number of methoxy groups -OCH3 is 3. The highest BCUT2D eigenvalue weighted by molar-refractivity contribution is 5.85. The smallest absolute Gasteiger partial charge is 0.407 e. The molecule has 29 heavy (non-hydrogen) atoms. The fraction of sp³-hybridized carbons (Fsp3) is 0.619. The summed E-state index contributed by atoms with van der Waals surface area (Å²) in [5.74, 6) is 1.84. The van der Waals surface area contributed by atoms with Gasteiger partial charge >= 0.3 is 6.09 Å². The second-order valence-electron chi connectivity index (χ2n) is 7.60. The van der Waals surface area contributed by atoms with Crippen molar-refractivity contribution in [2.24, 2.45) is 5.92 Å². The number of nitrogens with one attached hydrogen (secondary N) is 1. The first kappa shape index (κ1) is 22.8. The summed E-state index contributed by atoms with van der Waals surface area (Å²) in [5, 5.41) is 2.68. The van der Waals surface area contributed by atoms with Gasteiger partial charge in [0.05, 0.1) is 21.3 Å². The Morgan fingerprint density at radius 3 is 2.31 bits per heavy atom. The number of rotatable bonds is 8. The van der Waals surface area contributed by atoms with Crippen LogP contribution in [0.5, 0.6) is 11.5 Å². The Morgan fingerprint density at radius 1 is 1.07 bits per heavy atom. The minimum atomic E-state index is -0.576. The molecule has 8 nitrogen and oxygen atoms in total. The number of ether oxygens (including phenoxy) is 3. The number of amides is 2. The van der Waals surface area contributed by atoms with Crippen LogP contribution in [-0.2, 0) is 16.1 Å². The van der Waals surface area contributed by atoms with Crippen molar-refractivity contribution < 1.29 is 23.8 Å². The van der Waals surface area contributed by atoms with E-state index in [2.05, 4.69) is 15.0 Å². The van der Waals surface area contributed by atoms with Crippen molar-refractivity contribution in [3.63, 3.8) is 0 Å². The van der Waals surface area contributed by atoms with Crippen LogP contribution < -0.4 is 14.8 Å². The molecule has 1 N–H and O–H groups in total. The third-order valence-electron chi connectivity index (χ3n) is 5.05. The monoisotopic (exact) mass is 407 g/mol. The average Bonchev–Trinajstić information content (AvgIpc) is 2.72. The Kier molecular flexibility index (Phi) is 8.57. The molecule has 1 saturated heterocycles. The molecule has 1 heterocycles. The minimum absolute atomic E-state index is 0.0530. The number of nitrogens with zero attached hydrogens (tertiary/aromatic N) is 2. The molecule has 0 bridgehead atoms. The fourth-order valence-electron chi connectivity index (χ4n) is 3.49. The number of carbonyl (C=O) groups is 2. The van der Waals surface area contributed by atoms with Crippen LogP contribution in [0.2, 0.25) is 0 Å². The van der Waals surface area contributed by atoms with E-state index in [4.69, 9.17) is 9.47 Å². The highest BCUT2D eigenvalue weighted by atomic mass is 16.5. The molecule has 0 saturated carbocycles. The molecule has 1 aliphatic heterocycles. The van der Waals surface area contributed by atoms with E-state index in [0.29, 0.717) is 19.5 Å². The zero-order chi connectivity index (χ0) is 21.4. The molecule has 1 aromatic rings. The summed E-state index contributed by atoms with van der Waals surface area (Å²) < 4.78 is 15.5. The standard InChI is InChI=1S/C21H33N3O5/c1-15(2)12-18(22-21(26)29-5)20(25)24-10-8-23(9-11-24)14-16-13-17(27-3)6-7-19(16)28-4/h6-7,13,15,18H,8-12,14H2,1-5H3,(H,22,26). The normalized spacial score (nSPS) is 15.7. The SMILES string of the molecule is COC(=O)NC(CC(C)C)C(=O)N1CCN(Cc2cc(OC)ccc2OC)CC1. The summed E-state index contributed by atoms with van der Waals surface area (Å²) in [6.07, 6.45) is 0.00238. The zero-order valence-electron chi connectivity index (χ0n) is 18.1. The molecular formula is C21H33N3O5. The number of piperazine rings is 1. The summed E-state index contributed by atoms with van der Waals surface area (Å²) in [6, 6.07) is 5.20. The second kappa shape index (κ2) is 10.9. The predicted octanol–water partition coefficient (Wildman–Crippen LogP) is 2.12. The van der Waals surface area contributed by atoms with Crippen LogP contribution in [0.3, 0.4) is 0 Å². The van der Waals surface area contributed by atoms with Gasteiger partial charge in [-0.15, -0.1) is 0 Å². The van der Waals surface area contributed by atoms with Gasteiger partial charge < -0.3 is 24.4 Å². The molecule has 1 aliphatic rings. The van der Waals surface area contributed by atoms with E-state index in [1.807, 2.05) is 36.9 Å². The van der Waals surface area contributed by atoms with Crippen LogP contribution in [0.15, 0.2) is 18.2 Å². The van der Waals surface area contributed by atoms with E-state index in [1.54, 1.807) is 14.2 Å². The maximum absolute atomic E-state index is 12.9. The third-order valence-corrected chi connectivity index (χ3v) is 5.05. The van der Waals surface area contributed by atoms with Crippen LogP contribution in [0, 0.1) is 5.92 Å². The van der Waals surface area contributed by atoms with Crippen LogP contribution >= 0.6 is 0 Å². The molecule has 162 valence electrons. The van der Waals surface area contributed by atoms with E-state index < -0.39 is 12.1 Å². The van der Waals surface area contributed by atoms with Crippen molar-refractivity contribution in [2.75, 3.05) is 47.5 Å². The largest absolute Gasteiger partial charge is 0.497 e. The topological polar surface area (TPSA) is 80.3 Å². The lowest BCUT2D eigenvalue weighted by Gasteiger charge is -2.37. The molecule has 2 rings (SSSR count). The molecule has 1 unspecified atom stereocenters. The van der Waals surface area contributed by atoms with E-state index in [9.17, 15) is 9.59 Å². The van der Waals surface area contributed by atoms with Gasteiger partial charge in [0.2, 0.25) is 5.91 Å². The quantitative estimate of drug-likeness (QED) is 0.711. The Hall–Kier alpha value is -2.48. The summed E-state index contributed by atoms with van der Waals surface area (Å²) in [5.41, 5.74) is 1.05. The molecule has 1 aromatic carbocycles. The van der Waals surface area contributed by atoms with Crippen molar-refractivity contribution in [2.45, 2.75) is 32.9 Å². The van der Waals surface area contributed by atoms with Crippen LogP contribution in [-0.4, -0.2) is 75.4 Å². The van der Waals surface area contributed by atoms with Crippen LogP contribution in [0.25, 0.3) is 0 Å².